The van der Waals surface area contributed by atoms with Crippen molar-refractivity contribution in [3.05, 3.63) is 65.9 Å². The Labute approximate surface area is 141 Å². The molecule has 0 spiro atoms. The van der Waals surface area contributed by atoms with E-state index in [2.05, 4.69) is 15.6 Å². The van der Waals surface area contributed by atoms with E-state index in [1.165, 1.54) is 5.56 Å². The van der Waals surface area contributed by atoms with Crippen LogP contribution in [0, 0.1) is 6.92 Å². The number of fused-ring (bicyclic) bond motifs is 1. The first kappa shape index (κ1) is 15.9. The third-order valence-corrected chi connectivity index (χ3v) is 3.70. The Morgan fingerprint density at radius 2 is 1.88 bits per heavy atom. The van der Waals surface area contributed by atoms with Crippen LogP contribution in [0.25, 0.3) is 10.9 Å². The minimum absolute atomic E-state index is 0.207. The molecule has 2 aromatic carbocycles. The van der Waals surface area contributed by atoms with Gasteiger partial charge in [0.1, 0.15) is 12.4 Å². The molecule has 0 saturated carbocycles. The molecular formula is C19H21N3O2. The van der Waals surface area contributed by atoms with E-state index in [1.807, 2.05) is 61.5 Å². The minimum atomic E-state index is -0.207. The van der Waals surface area contributed by atoms with Crippen molar-refractivity contribution in [3.8, 4) is 5.75 Å². The molecule has 2 amide bonds. The van der Waals surface area contributed by atoms with E-state index in [0.717, 1.165) is 22.3 Å². The summed E-state index contributed by atoms with van der Waals surface area (Å²) in [5.41, 5.74) is 3.24. The summed E-state index contributed by atoms with van der Waals surface area (Å²) in [7, 11) is 0. The average Bonchev–Trinajstić information content (AvgIpc) is 3.01. The monoisotopic (exact) mass is 323 g/mol. The van der Waals surface area contributed by atoms with E-state index in [4.69, 9.17) is 4.74 Å². The van der Waals surface area contributed by atoms with E-state index in [1.54, 1.807) is 0 Å². The number of urea groups is 1. The number of carbonyl (C=O) groups is 1. The Hall–Kier alpha value is -2.95. The molecule has 0 aliphatic carbocycles. The number of aromatic nitrogens is 1. The molecule has 3 N–H and O–H groups in total. The van der Waals surface area contributed by atoms with Gasteiger partial charge in [-0.15, -0.1) is 0 Å². The van der Waals surface area contributed by atoms with Gasteiger partial charge in [0.15, 0.2) is 0 Å². The second-order valence-corrected chi connectivity index (χ2v) is 5.65. The van der Waals surface area contributed by atoms with Gasteiger partial charge in [0.05, 0.1) is 13.1 Å². The highest BCUT2D eigenvalue weighted by Gasteiger charge is 2.03. The molecule has 0 unspecified atom stereocenters. The lowest BCUT2D eigenvalue weighted by atomic mass is 10.2. The van der Waals surface area contributed by atoms with Gasteiger partial charge in [0.2, 0.25) is 0 Å². The Morgan fingerprint density at radius 1 is 1.08 bits per heavy atom. The molecule has 0 radical (unpaired) electrons. The van der Waals surface area contributed by atoms with E-state index in [0.29, 0.717) is 19.7 Å². The summed E-state index contributed by atoms with van der Waals surface area (Å²) in [4.78, 5) is 15.1. The van der Waals surface area contributed by atoms with Crippen LogP contribution in [0.4, 0.5) is 4.79 Å². The maximum absolute atomic E-state index is 11.8. The quantitative estimate of drug-likeness (QED) is 0.609. The van der Waals surface area contributed by atoms with E-state index in [9.17, 15) is 4.79 Å². The number of aromatic amines is 1. The second kappa shape index (κ2) is 7.55. The molecular weight excluding hydrogens is 302 g/mol. The summed E-state index contributed by atoms with van der Waals surface area (Å²) in [6.45, 7) is 3.37. The Kier molecular flexibility index (Phi) is 5.01. The molecule has 0 bridgehead atoms. The van der Waals surface area contributed by atoms with Gasteiger partial charge in [-0.25, -0.2) is 4.79 Å². The van der Waals surface area contributed by atoms with Crippen LogP contribution in [0.5, 0.6) is 5.75 Å². The lowest BCUT2D eigenvalue weighted by Gasteiger charge is -2.09. The van der Waals surface area contributed by atoms with Crippen molar-refractivity contribution in [3.63, 3.8) is 0 Å². The third-order valence-electron chi connectivity index (χ3n) is 3.70. The number of rotatable bonds is 6. The summed E-state index contributed by atoms with van der Waals surface area (Å²) in [5.74, 6) is 0.806. The van der Waals surface area contributed by atoms with Gasteiger partial charge in [-0.3, -0.25) is 0 Å². The molecule has 3 rings (SSSR count). The lowest BCUT2D eigenvalue weighted by Crippen LogP contribution is -2.37. The van der Waals surface area contributed by atoms with Crippen molar-refractivity contribution >= 4 is 16.9 Å². The predicted octanol–water partition coefficient (Wildman–Crippen LogP) is 3.35. The zero-order chi connectivity index (χ0) is 16.8. The number of aryl methyl sites for hydroxylation is 1. The van der Waals surface area contributed by atoms with Crippen LogP contribution in [0.15, 0.2) is 54.6 Å². The van der Waals surface area contributed by atoms with Crippen LogP contribution in [0.1, 0.15) is 11.3 Å². The van der Waals surface area contributed by atoms with Crippen molar-refractivity contribution < 1.29 is 9.53 Å². The molecule has 24 heavy (non-hydrogen) atoms. The number of benzene rings is 2. The molecule has 1 heterocycles. The summed E-state index contributed by atoms with van der Waals surface area (Å²) < 4.78 is 5.57. The highest BCUT2D eigenvalue weighted by Crippen LogP contribution is 2.14. The second-order valence-electron chi connectivity index (χ2n) is 5.65. The van der Waals surface area contributed by atoms with Gasteiger partial charge in [0.25, 0.3) is 0 Å². The van der Waals surface area contributed by atoms with Gasteiger partial charge in [0, 0.05) is 11.2 Å². The van der Waals surface area contributed by atoms with Crippen molar-refractivity contribution in [1.29, 1.82) is 0 Å². The van der Waals surface area contributed by atoms with Gasteiger partial charge in [-0.1, -0.05) is 35.9 Å². The molecule has 5 nitrogen and oxygen atoms in total. The number of amides is 2. The number of hydrogen-bond donors (Lipinski definition) is 3. The molecule has 0 saturated heterocycles. The summed E-state index contributed by atoms with van der Waals surface area (Å²) in [6, 6.07) is 17.7. The van der Waals surface area contributed by atoms with Crippen molar-refractivity contribution in [2.45, 2.75) is 13.5 Å². The van der Waals surface area contributed by atoms with Crippen LogP contribution in [0.3, 0.4) is 0 Å². The molecule has 0 aliphatic heterocycles. The molecule has 0 atom stereocenters. The normalized spacial score (nSPS) is 10.5. The minimum Gasteiger partial charge on any atom is -0.492 e. The van der Waals surface area contributed by atoms with Crippen LogP contribution in [0.2, 0.25) is 0 Å². The maximum Gasteiger partial charge on any atom is 0.315 e. The predicted molar refractivity (Wildman–Crippen MR) is 95.2 cm³/mol. The van der Waals surface area contributed by atoms with Gasteiger partial charge < -0.3 is 20.4 Å². The third kappa shape index (κ3) is 4.29. The number of H-pyrrole nitrogens is 1. The van der Waals surface area contributed by atoms with Crippen LogP contribution >= 0.6 is 0 Å². The maximum atomic E-state index is 11.8. The highest BCUT2D eigenvalue weighted by atomic mass is 16.5. The fraction of sp³-hybridized carbons (Fsp3) is 0.211. The average molecular weight is 323 g/mol. The molecule has 0 aliphatic rings. The van der Waals surface area contributed by atoms with E-state index in [-0.39, 0.29) is 6.03 Å². The van der Waals surface area contributed by atoms with Gasteiger partial charge >= 0.3 is 6.03 Å². The fourth-order valence-corrected chi connectivity index (χ4v) is 2.43. The Balaban J connectivity index is 1.37. The number of hydrogen-bond acceptors (Lipinski definition) is 2. The van der Waals surface area contributed by atoms with E-state index < -0.39 is 0 Å². The van der Waals surface area contributed by atoms with Gasteiger partial charge in [-0.2, -0.15) is 0 Å². The Morgan fingerprint density at radius 3 is 2.67 bits per heavy atom. The van der Waals surface area contributed by atoms with Crippen molar-refractivity contribution in [1.82, 2.24) is 15.6 Å². The zero-order valence-corrected chi connectivity index (χ0v) is 13.6. The standard InChI is InChI=1S/C19H21N3O2/c1-14-6-8-17(9-7-14)24-11-10-20-19(23)21-13-16-12-15-4-2-3-5-18(15)22-16/h2-9,12,22H,10-11,13H2,1H3,(H2,20,21,23). The Bertz CT molecular complexity index is 776. The smallest absolute Gasteiger partial charge is 0.315 e. The zero-order valence-electron chi connectivity index (χ0n) is 13.6. The molecule has 3 aromatic rings. The first-order chi connectivity index (χ1) is 11.7. The summed E-state index contributed by atoms with van der Waals surface area (Å²) in [6.07, 6.45) is 0. The van der Waals surface area contributed by atoms with E-state index >= 15 is 0 Å². The lowest BCUT2D eigenvalue weighted by molar-refractivity contribution is 0.236. The van der Waals surface area contributed by atoms with Crippen LogP contribution in [-0.4, -0.2) is 24.2 Å². The highest BCUT2D eigenvalue weighted by molar-refractivity contribution is 5.80. The molecule has 1 aromatic heterocycles. The summed E-state index contributed by atoms with van der Waals surface area (Å²) in [5, 5.41) is 6.75. The number of ether oxygens (including phenoxy) is 1. The first-order valence-corrected chi connectivity index (χ1v) is 7.98. The SMILES string of the molecule is Cc1ccc(OCCNC(=O)NCc2cc3ccccc3[nH]2)cc1. The van der Waals surface area contributed by atoms with Crippen LogP contribution in [-0.2, 0) is 6.54 Å². The van der Waals surface area contributed by atoms with Crippen molar-refractivity contribution in [2.24, 2.45) is 0 Å². The number of carbonyl (C=O) groups excluding carboxylic acids is 1. The molecule has 5 heteroatoms. The molecule has 0 fully saturated rings. The van der Waals surface area contributed by atoms with Gasteiger partial charge in [-0.05, 0) is 36.6 Å². The fourth-order valence-electron chi connectivity index (χ4n) is 2.43. The largest absolute Gasteiger partial charge is 0.492 e. The number of para-hydroxylation sites is 1. The molecule has 124 valence electrons. The topological polar surface area (TPSA) is 66.2 Å². The summed E-state index contributed by atoms with van der Waals surface area (Å²) >= 11 is 0. The number of nitrogens with one attached hydrogen (secondary N) is 3. The first-order valence-electron chi connectivity index (χ1n) is 7.98. The van der Waals surface area contributed by atoms with Crippen LogP contribution < -0.4 is 15.4 Å². The van der Waals surface area contributed by atoms with Crippen molar-refractivity contribution in [2.75, 3.05) is 13.2 Å².